The molecule has 0 bridgehead atoms. The molecule has 1 heterocycles. The number of hydrogen-bond donors (Lipinski definition) is 1. The third kappa shape index (κ3) is 3.09. The smallest absolute Gasteiger partial charge is 0.121 e. The molecule has 0 aliphatic carbocycles. The predicted molar refractivity (Wildman–Crippen MR) is 73.4 cm³/mol. The first-order valence-corrected chi connectivity index (χ1v) is 6.78. The summed E-state index contributed by atoms with van der Waals surface area (Å²) in [5, 5.41) is 12.0. The van der Waals surface area contributed by atoms with E-state index in [2.05, 4.69) is 17.1 Å². The van der Waals surface area contributed by atoms with Gasteiger partial charge in [-0.05, 0) is 24.1 Å². The maximum Gasteiger partial charge on any atom is 0.121 e. The van der Waals surface area contributed by atoms with Gasteiger partial charge >= 0.3 is 0 Å². The van der Waals surface area contributed by atoms with Crippen LogP contribution in [0.3, 0.4) is 0 Å². The van der Waals surface area contributed by atoms with Crippen molar-refractivity contribution in [2.24, 2.45) is 0 Å². The molecule has 4 heteroatoms. The second-order valence-electron chi connectivity index (χ2n) is 4.19. The van der Waals surface area contributed by atoms with Gasteiger partial charge in [-0.25, -0.2) is 4.98 Å². The number of rotatable bonds is 5. The summed E-state index contributed by atoms with van der Waals surface area (Å²) in [5.74, 6) is 0.916. The number of hydrogen-bond acceptors (Lipinski definition) is 4. The Morgan fingerprint density at radius 2 is 2.22 bits per heavy atom. The van der Waals surface area contributed by atoms with Crippen molar-refractivity contribution in [1.29, 1.82) is 0 Å². The number of ether oxygens (including phenoxy) is 1. The van der Waals surface area contributed by atoms with E-state index in [9.17, 15) is 0 Å². The lowest BCUT2D eigenvalue weighted by Crippen LogP contribution is -1.94. The molecule has 1 aromatic carbocycles. The van der Waals surface area contributed by atoms with E-state index < -0.39 is 0 Å². The number of aliphatic hydroxyl groups excluding tert-OH is 1. The monoisotopic (exact) mass is 263 g/mol. The van der Waals surface area contributed by atoms with E-state index in [-0.39, 0.29) is 6.61 Å². The molecule has 1 N–H and O–H groups in total. The Kier molecular flexibility index (Phi) is 4.33. The molecule has 0 unspecified atom stereocenters. The van der Waals surface area contributed by atoms with Crippen LogP contribution in [0.25, 0.3) is 0 Å². The van der Waals surface area contributed by atoms with Gasteiger partial charge in [-0.1, -0.05) is 12.1 Å². The normalized spacial score (nSPS) is 10.6. The average Bonchev–Trinajstić information content (AvgIpc) is 2.77. The van der Waals surface area contributed by atoms with Crippen molar-refractivity contribution in [3.63, 3.8) is 0 Å². The molecule has 0 atom stereocenters. The minimum atomic E-state index is 0.158. The summed E-state index contributed by atoms with van der Waals surface area (Å²) in [7, 11) is 1.68. The Labute approximate surface area is 111 Å². The van der Waals surface area contributed by atoms with Gasteiger partial charge in [0, 0.05) is 24.8 Å². The molecule has 0 fully saturated rings. The Bertz CT molecular complexity index is 522. The van der Waals surface area contributed by atoms with E-state index in [1.54, 1.807) is 18.4 Å². The fourth-order valence-corrected chi connectivity index (χ4v) is 2.75. The molecule has 2 aromatic rings. The summed E-state index contributed by atoms with van der Waals surface area (Å²) in [6.07, 6.45) is 1.47. The maximum atomic E-state index is 8.86. The van der Waals surface area contributed by atoms with Crippen LogP contribution in [0, 0.1) is 6.92 Å². The lowest BCUT2D eigenvalue weighted by atomic mass is 10.1. The van der Waals surface area contributed by atoms with Crippen molar-refractivity contribution >= 4 is 11.3 Å². The average molecular weight is 263 g/mol. The van der Waals surface area contributed by atoms with Crippen molar-refractivity contribution in [3.8, 4) is 5.75 Å². The zero-order valence-electron chi connectivity index (χ0n) is 10.6. The van der Waals surface area contributed by atoms with E-state index >= 15 is 0 Å². The highest BCUT2D eigenvalue weighted by molar-refractivity contribution is 7.09. The Morgan fingerprint density at radius 1 is 1.39 bits per heavy atom. The third-order valence-electron chi connectivity index (χ3n) is 2.78. The highest BCUT2D eigenvalue weighted by Crippen LogP contribution is 2.21. The molecule has 1 aromatic heterocycles. The highest BCUT2D eigenvalue weighted by atomic mass is 32.1. The number of benzene rings is 1. The van der Waals surface area contributed by atoms with Gasteiger partial charge in [-0.2, -0.15) is 0 Å². The second-order valence-corrected chi connectivity index (χ2v) is 5.13. The fourth-order valence-electron chi connectivity index (χ4n) is 1.88. The van der Waals surface area contributed by atoms with Crippen LogP contribution >= 0.6 is 11.3 Å². The number of aromatic nitrogens is 1. The van der Waals surface area contributed by atoms with Crippen molar-refractivity contribution in [2.75, 3.05) is 13.7 Å². The van der Waals surface area contributed by atoms with E-state index in [4.69, 9.17) is 9.84 Å². The van der Waals surface area contributed by atoms with Crippen molar-refractivity contribution < 1.29 is 9.84 Å². The number of aryl methyl sites for hydroxylation is 1. The van der Waals surface area contributed by atoms with Gasteiger partial charge in [0.15, 0.2) is 0 Å². The zero-order chi connectivity index (χ0) is 13.0. The van der Waals surface area contributed by atoms with Crippen LogP contribution in [0.1, 0.15) is 21.8 Å². The molecule has 2 rings (SSSR count). The van der Waals surface area contributed by atoms with Crippen molar-refractivity contribution in [2.45, 2.75) is 19.8 Å². The van der Waals surface area contributed by atoms with Gasteiger partial charge in [0.25, 0.3) is 0 Å². The van der Waals surface area contributed by atoms with Gasteiger partial charge in [0.05, 0.1) is 17.8 Å². The van der Waals surface area contributed by atoms with E-state index in [0.29, 0.717) is 6.42 Å². The summed E-state index contributed by atoms with van der Waals surface area (Å²) in [6.45, 7) is 2.20. The highest BCUT2D eigenvalue weighted by Gasteiger charge is 2.05. The topological polar surface area (TPSA) is 42.4 Å². The zero-order valence-corrected chi connectivity index (χ0v) is 11.5. The largest absolute Gasteiger partial charge is 0.496 e. The molecule has 0 amide bonds. The van der Waals surface area contributed by atoms with Gasteiger partial charge in [-0.15, -0.1) is 11.3 Å². The van der Waals surface area contributed by atoms with Crippen LogP contribution in [0.15, 0.2) is 23.6 Å². The van der Waals surface area contributed by atoms with Crippen LogP contribution in [0.5, 0.6) is 5.75 Å². The van der Waals surface area contributed by atoms with Crippen molar-refractivity contribution in [3.05, 3.63) is 45.4 Å². The minimum absolute atomic E-state index is 0.158. The van der Waals surface area contributed by atoms with Gasteiger partial charge in [0.1, 0.15) is 5.75 Å². The van der Waals surface area contributed by atoms with Gasteiger partial charge in [0.2, 0.25) is 0 Å². The molecular weight excluding hydrogens is 246 g/mol. The SMILES string of the molecule is COc1ccc(Cc2nc(CCO)cs2)cc1C. The molecule has 3 nitrogen and oxygen atoms in total. The van der Waals surface area contributed by atoms with Crippen LogP contribution < -0.4 is 4.74 Å². The molecule has 0 saturated heterocycles. The predicted octanol–water partition coefficient (Wildman–Crippen LogP) is 2.59. The first-order chi connectivity index (χ1) is 8.72. The van der Waals surface area contributed by atoms with Crippen LogP contribution in [-0.4, -0.2) is 23.8 Å². The molecule has 0 spiro atoms. The molecule has 96 valence electrons. The Hall–Kier alpha value is -1.39. The standard InChI is InChI=1S/C14H17NO2S/c1-10-7-11(3-4-13(10)17-2)8-14-15-12(5-6-16)9-18-14/h3-4,7,9,16H,5-6,8H2,1-2H3. The Balaban J connectivity index is 2.10. The van der Waals surface area contributed by atoms with E-state index in [0.717, 1.165) is 28.4 Å². The first-order valence-electron chi connectivity index (χ1n) is 5.90. The third-order valence-corrected chi connectivity index (χ3v) is 3.68. The van der Waals surface area contributed by atoms with Crippen molar-refractivity contribution in [1.82, 2.24) is 4.98 Å². The quantitative estimate of drug-likeness (QED) is 0.901. The Morgan fingerprint density at radius 3 is 2.89 bits per heavy atom. The summed E-state index contributed by atoms with van der Waals surface area (Å²) in [6, 6.07) is 6.19. The number of methoxy groups -OCH3 is 1. The fraction of sp³-hybridized carbons (Fsp3) is 0.357. The molecule has 18 heavy (non-hydrogen) atoms. The first kappa shape index (κ1) is 13.1. The lowest BCUT2D eigenvalue weighted by molar-refractivity contribution is 0.298. The second kappa shape index (κ2) is 5.98. The maximum absolute atomic E-state index is 8.86. The minimum Gasteiger partial charge on any atom is -0.496 e. The van der Waals surface area contributed by atoms with Crippen LogP contribution in [0.4, 0.5) is 0 Å². The van der Waals surface area contributed by atoms with Crippen LogP contribution in [-0.2, 0) is 12.8 Å². The summed E-state index contributed by atoms with van der Waals surface area (Å²) in [5.41, 5.74) is 3.35. The van der Waals surface area contributed by atoms with Gasteiger partial charge < -0.3 is 9.84 Å². The van der Waals surface area contributed by atoms with E-state index in [1.807, 2.05) is 18.4 Å². The number of nitrogens with zero attached hydrogens (tertiary/aromatic N) is 1. The molecular formula is C14H17NO2S. The van der Waals surface area contributed by atoms with Crippen LogP contribution in [0.2, 0.25) is 0 Å². The summed E-state index contributed by atoms with van der Waals surface area (Å²) in [4.78, 5) is 4.49. The molecule has 0 saturated carbocycles. The summed E-state index contributed by atoms with van der Waals surface area (Å²) >= 11 is 1.65. The lowest BCUT2D eigenvalue weighted by Gasteiger charge is -2.06. The molecule has 0 aliphatic rings. The van der Waals surface area contributed by atoms with Gasteiger partial charge in [-0.3, -0.25) is 0 Å². The number of aliphatic hydroxyl groups is 1. The molecule has 0 radical (unpaired) electrons. The van der Waals surface area contributed by atoms with E-state index in [1.165, 1.54) is 5.56 Å². The summed E-state index contributed by atoms with van der Waals surface area (Å²) < 4.78 is 5.25. The molecule has 0 aliphatic heterocycles. The number of thiazole rings is 1.